The molecule has 0 bridgehead atoms. The van der Waals surface area contributed by atoms with Crippen LogP contribution in [0.1, 0.15) is 51.9 Å². The van der Waals surface area contributed by atoms with Crippen molar-refractivity contribution in [2.24, 2.45) is 0 Å². The van der Waals surface area contributed by atoms with Gasteiger partial charge in [0.25, 0.3) is 0 Å². The zero-order valence-corrected chi connectivity index (χ0v) is 11.0. The number of aliphatic hydroxyl groups is 1. The highest BCUT2D eigenvalue weighted by Crippen LogP contribution is 2.27. The molecule has 0 aliphatic heterocycles. The van der Waals surface area contributed by atoms with E-state index in [1.54, 1.807) is 7.11 Å². The summed E-state index contributed by atoms with van der Waals surface area (Å²) >= 11 is 0. The van der Waals surface area contributed by atoms with E-state index < -0.39 is 0 Å². The Labute approximate surface area is 104 Å². The summed E-state index contributed by atoms with van der Waals surface area (Å²) in [5.74, 6) is 0.0323. The summed E-state index contributed by atoms with van der Waals surface area (Å²) in [6, 6.07) is 0. The molecule has 4 nitrogen and oxygen atoms in total. The van der Waals surface area contributed by atoms with Crippen LogP contribution in [0, 0.1) is 0 Å². The molecule has 0 saturated heterocycles. The van der Waals surface area contributed by atoms with Crippen molar-refractivity contribution in [2.45, 2.75) is 63.5 Å². The second-order valence-electron chi connectivity index (χ2n) is 5.13. The average molecular weight is 243 g/mol. The standard InChI is InChI=1S/C13H25NO3/c1-11(17-2)6-7-12(16)14-13(10-15)8-4-3-5-9-13/h11,15H,3-10H2,1-2H3,(H,14,16). The smallest absolute Gasteiger partial charge is 0.220 e. The molecule has 1 fully saturated rings. The Balaban J connectivity index is 2.37. The first kappa shape index (κ1) is 14.5. The summed E-state index contributed by atoms with van der Waals surface area (Å²) in [6.45, 7) is 2.01. The zero-order valence-electron chi connectivity index (χ0n) is 11.0. The molecule has 1 atom stereocenters. The van der Waals surface area contributed by atoms with E-state index in [9.17, 15) is 9.90 Å². The van der Waals surface area contributed by atoms with Crippen molar-refractivity contribution in [3.8, 4) is 0 Å². The van der Waals surface area contributed by atoms with Gasteiger partial charge in [0.15, 0.2) is 0 Å². The lowest BCUT2D eigenvalue weighted by Gasteiger charge is -2.36. The predicted octanol–water partition coefficient (Wildman–Crippen LogP) is 1.61. The van der Waals surface area contributed by atoms with Crippen LogP contribution < -0.4 is 5.32 Å². The Morgan fingerprint density at radius 3 is 2.59 bits per heavy atom. The van der Waals surface area contributed by atoms with Gasteiger partial charge in [0.1, 0.15) is 0 Å². The van der Waals surface area contributed by atoms with Crippen LogP contribution in [0.15, 0.2) is 0 Å². The first-order valence-electron chi connectivity index (χ1n) is 6.56. The Morgan fingerprint density at radius 1 is 1.41 bits per heavy atom. The van der Waals surface area contributed by atoms with Crippen LogP contribution in [-0.2, 0) is 9.53 Å². The summed E-state index contributed by atoms with van der Waals surface area (Å²) < 4.78 is 5.11. The van der Waals surface area contributed by atoms with Gasteiger partial charge in [0.05, 0.1) is 18.2 Å². The molecule has 0 spiro atoms. The number of nitrogens with one attached hydrogen (secondary N) is 1. The Bertz CT molecular complexity index is 237. The van der Waals surface area contributed by atoms with Gasteiger partial charge in [-0.05, 0) is 26.2 Å². The van der Waals surface area contributed by atoms with E-state index in [0.29, 0.717) is 6.42 Å². The van der Waals surface area contributed by atoms with Crippen molar-refractivity contribution in [3.05, 3.63) is 0 Å². The van der Waals surface area contributed by atoms with Gasteiger partial charge in [0.2, 0.25) is 5.91 Å². The van der Waals surface area contributed by atoms with Crippen molar-refractivity contribution in [3.63, 3.8) is 0 Å². The summed E-state index contributed by atoms with van der Waals surface area (Å²) in [4.78, 5) is 11.8. The van der Waals surface area contributed by atoms with E-state index in [4.69, 9.17) is 4.74 Å². The topological polar surface area (TPSA) is 58.6 Å². The lowest BCUT2D eigenvalue weighted by Crippen LogP contribution is -2.52. The average Bonchev–Trinajstić information content (AvgIpc) is 2.37. The summed E-state index contributed by atoms with van der Waals surface area (Å²) in [5.41, 5.74) is -0.356. The minimum absolute atomic E-state index is 0.0323. The summed E-state index contributed by atoms with van der Waals surface area (Å²) in [5, 5.41) is 12.5. The predicted molar refractivity (Wildman–Crippen MR) is 66.7 cm³/mol. The molecule has 17 heavy (non-hydrogen) atoms. The maximum Gasteiger partial charge on any atom is 0.220 e. The van der Waals surface area contributed by atoms with E-state index in [1.807, 2.05) is 6.92 Å². The highest BCUT2D eigenvalue weighted by atomic mass is 16.5. The molecular weight excluding hydrogens is 218 g/mol. The molecule has 4 heteroatoms. The van der Waals surface area contributed by atoms with E-state index in [0.717, 1.165) is 32.1 Å². The molecule has 100 valence electrons. The Kier molecular flexibility index (Phi) is 5.92. The number of hydrogen-bond donors (Lipinski definition) is 2. The molecule has 1 unspecified atom stereocenters. The fourth-order valence-electron chi connectivity index (χ4n) is 2.36. The van der Waals surface area contributed by atoms with Gasteiger partial charge in [-0.3, -0.25) is 4.79 Å². The lowest BCUT2D eigenvalue weighted by atomic mass is 9.82. The largest absolute Gasteiger partial charge is 0.394 e. The number of hydrogen-bond acceptors (Lipinski definition) is 3. The van der Waals surface area contributed by atoms with Gasteiger partial charge in [-0.15, -0.1) is 0 Å². The summed E-state index contributed by atoms with van der Waals surface area (Å²) in [6.07, 6.45) is 6.49. The van der Waals surface area contributed by atoms with Gasteiger partial charge < -0.3 is 15.2 Å². The molecule has 1 saturated carbocycles. The van der Waals surface area contributed by atoms with E-state index >= 15 is 0 Å². The summed E-state index contributed by atoms with van der Waals surface area (Å²) in [7, 11) is 1.65. The Hall–Kier alpha value is -0.610. The van der Waals surface area contributed by atoms with E-state index in [2.05, 4.69) is 5.32 Å². The van der Waals surface area contributed by atoms with Gasteiger partial charge in [-0.25, -0.2) is 0 Å². The maximum atomic E-state index is 11.8. The van der Waals surface area contributed by atoms with Gasteiger partial charge in [-0.2, -0.15) is 0 Å². The third kappa shape index (κ3) is 4.64. The van der Waals surface area contributed by atoms with Crippen molar-refractivity contribution >= 4 is 5.91 Å². The van der Waals surface area contributed by atoms with Crippen LogP contribution in [0.5, 0.6) is 0 Å². The molecule has 1 amide bonds. The number of methoxy groups -OCH3 is 1. The zero-order chi connectivity index (χ0) is 12.7. The molecule has 2 N–H and O–H groups in total. The minimum atomic E-state index is -0.356. The number of ether oxygens (including phenoxy) is 1. The fourth-order valence-corrected chi connectivity index (χ4v) is 2.36. The number of carbonyl (C=O) groups is 1. The molecule has 0 heterocycles. The fraction of sp³-hybridized carbons (Fsp3) is 0.923. The van der Waals surface area contributed by atoms with Gasteiger partial charge >= 0.3 is 0 Å². The molecule has 1 rings (SSSR count). The third-order valence-electron chi connectivity index (χ3n) is 3.70. The molecule has 1 aliphatic rings. The first-order chi connectivity index (χ1) is 8.12. The molecule has 0 radical (unpaired) electrons. The Morgan fingerprint density at radius 2 is 2.06 bits per heavy atom. The maximum absolute atomic E-state index is 11.8. The molecular formula is C13H25NO3. The van der Waals surface area contributed by atoms with Gasteiger partial charge in [0, 0.05) is 13.5 Å². The SMILES string of the molecule is COC(C)CCC(=O)NC1(CO)CCCCC1. The van der Waals surface area contributed by atoms with Crippen LogP contribution in [0.25, 0.3) is 0 Å². The van der Waals surface area contributed by atoms with Gasteiger partial charge in [-0.1, -0.05) is 19.3 Å². The number of aliphatic hydroxyl groups excluding tert-OH is 1. The normalized spacial score (nSPS) is 20.9. The quantitative estimate of drug-likeness (QED) is 0.745. The number of rotatable bonds is 6. The number of carbonyl (C=O) groups excluding carboxylic acids is 1. The lowest BCUT2D eigenvalue weighted by molar-refractivity contribution is -0.124. The highest BCUT2D eigenvalue weighted by molar-refractivity contribution is 5.76. The van der Waals surface area contributed by atoms with Crippen LogP contribution in [-0.4, -0.2) is 36.4 Å². The second kappa shape index (κ2) is 6.97. The minimum Gasteiger partial charge on any atom is -0.394 e. The molecule has 0 aromatic carbocycles. The number of amides is 1. The van der Waals surface area contributed by atoms with Crippen molar-refractivity contribution < 1.29 is 14.6 Å². The van der Waals surface area contributed by atoms with Crippen LogP contribution in [0.3, 0.4) is 0 Å². The van der Waals surface area contributed by atoms with E-state index in [-0.39, 0.29) is 24.2 Å². The highest BCUT2D eigenvalue weighted by Gasteiger charge is 2.32. The van der Waals surface area contributed by atoms with E-state index in [1.165, 1.54) is 6.42 Å². The van der Waals surface area contributed by atoms with Crippen LogP contribution in [0.2, 0.25) is 0 Å². The van der Waals surface area contributed by atoms with Crippen LogP contribution in [0.4, 0.5) is 0 Å². The van der Waals surface area contributed by atoms with Crippen molar-refractivity contribution in [1.82, 2.24) is 5.32 Å². The monoisotopic (exact) mass is 243 g/mol. The van der Waals surface area contributed by atoms with Crippen molar-refractivity contribution in [1.29, 1.82) is 0 Å². The second-order valence-corrected chi connectivity index (χ2v) is 5.13. The van der Waals surface area contributed by atoms with Crippen LogP contribution >= 0.6 is 0 Å². The first-order valence-corrected chi connectivity index (χ1v) is 6.56. The molecule has 1 aliphatic carbocycles. The molecule has 0 aromatic heterocycles. The van der Waals surface area contributed by atoms with Crippen molar-refractivity contribution in [2.75, 3.05) is 13.7 Å². The molecule has 0 aromatic rings. The third-order valence-corrected chi connectivity index (χ3v) is 3.70.